The zero-order chi connectivity index (χ0) is 89.0. The predicted octanol–water partition coefficient (Wildman–Crippen LogP) is 17.5. The van der Waals surface area contributed by atoms with Crippen molar-refractivity contribution in [2.45, 2.75) is 198 Å². The van der Waals surface area contributed by atoms with Gasteiger partial charge in [0.05, 0.1) is 84.4 Å². The summed E-state index contributed by atoms with van der Waals surface area (Å²) < 4.78 is 90.9. The van der Waals surface area contributed by atoms with Gasteiger partial charge in [0.15, 0.2) is 0 Å². The summed E-state index contributed by atoms with van der Waals surface area (Å²) in [6, 6.07) is 47.0. The van der Waals surface area contributed by atoms with Crippen molar-refractivity contribution in [3.63, 3.8) is 0 Å². The molecule has 3 aliphatic heterocycles. The summed E-state index contributed by atoms with van der Waals surface area (Å²) in [6.07, 6.45) is 18.2. The van der Waals surface area contributed by atoms with Crippen LogP contribution in [0.15, 0.2) is 164 Å². The first-order valence-electron chi connectivity index (χ1n) is 43.4. The topological polar surface area (TPSA) is 316 Å². The van der Waals surface area contributed by atoms with Gasteiger partial charge in [-0.05, 0) is 223 Å². The Kier molecular flexibility index (Phi) is 35.5. The van der Waals surface area contributed by atoms with Crippen LogP contribution < -0.4 is 38.4 Å². The van der Waals surface area contributed by atoms with Crippen molar-refractivity contribution in [3.05, 3.63) is 264 Å². The number of aromatic nitrogens is 7. The predicted molar refractivity (Wildman–Crippen MR) is 477 cm³/mol. The summed E-state index contributed by atoms with van der Waals surface area (Å²) in [5, 5.41) is 21.3. The third kappa shape index (κ3) is 26.9. The van der Waals surface area contributed by atoms with Crippen molar-refractivity contribution < 1.29 is 110 Å². The molecule has 31 heteroatoms. The van der Waals surface area contributed by atoms with E-state index in [9.17, 15) is 37.5 Å². The number of carboxylic acid groups (broad SMARTS) is 2. The number of carbonyl (C=O) groups excluding carboxylic acids is 3. The number of methoxy groups -OCH3 is 2. The average molecular weight is 1820 g/mol. The van der Waals surface area contributed by atoms with Crippen LogP contribution in [0.3, 0.4) is 0 Å². The van der Waals surface area contributed by atoms with E-state index in [0.717, 1.165) is 204 Å². The van der Waals surface area contributed by atoms with Crippen LogP contribution >= 0.6 is 34.8 Å². The van der Waals surface area contributed by atoms with Crippen LogP contribution in [0, 0.1) is 35.2 Å². The molecule has 8 heterocycles. The van der Waals surface area contributed by atoms with Crippen LogP contribution in [0.4, 0.5) is 18.9 Å². The summed E-state index contributed by atoms with van der Waals surface area (Å²) in [5.74, 6) is 2.30. The van der Waals surface area contributed by atoms with Crippen LogP contribution in [-0.2, 0) is 85.4 Å². The maximum absolute atomic E-state index is 14.1. The van der Waals surface area contributed by atoms with E-state index in [-0.39, 0.29) is 85.6 Å². The van der Waals surface area contributed by atoms with E-state index in [1.54, 1.807) is 84.9 Å². The standard InChI is InChI=1S/C33H36ClFN2O5.C32H33ClFN3O4.C31H31ClFN3O4.C2H4O2.Li.H2O/c1-40-33(39)24-10-9-23(31(17-24)36-19-28-13-14-41-28)16-27(38)15-21-5-7-22(8-6-21)30-3-2-4-32(37-30)42-20-25-11-12-26(34)18-29(25)35;1-39-32(38)22-10-12-28-29(16-22)37(18-25-13-14-40-25)30(35-28)15-20-5-7-21(8-6-20)27-3-2-4-31(36-27)41-19-23-9-11-24(33)17-26(23)34;32-23-10-8-22(25(33)16-23)18-40-30-3-1-2-26(35-30)20-6-4-19(5-7-20)14-29-34-27-11-9-21(31(37)38)15-28(27)36(29)17-24-12-13-39-24;1-2(3)4;;/h2-4,9-12,17-18,21-22,28,36H,5-8,13-16,19-20H2,1H3;2-4,9-12,16-17,20-21,25H,5-8,13-15,18-19H2,1H3;1-3,8-11,15-16,19-20,24H,4-7,12-14,17-18H2,(H,37,38);1H3,(H,3,4);;1H2/q;;;;+1;/p-1/t21?,22?,28-;20?,21?,25-;19?,20?,24-;;;/m000.../s1. The number of ketones is 1. The molecule has 0 amide bonds. The molecule has 24 nitrogen and oxygen atoms in total. The Morgan fingerprint density at radius 3 is 1.17 bits per heavy atom. The number of fused-ring (bicyclic) bond motifs is 2. The van der Waals surface area contributed by atoms with Crippen molar-refractivity contribution in [1.82, 2.24) is 34.1 Å². The number of ether oxygens (including phenoxy) is 8. The minimum absolute atomic E-state index is 0. The number of pyridine rings is 3. The largest absolute Gasteiger partial charge is 1.00 e. The number of imidazole rings is 2. The zero-order valence-corrected chi connectivity index (χ0v) is 74.9. The number of aliphatic carboxylic acids is 1. The van der Waals surface area contributed by atoms with E-state index in [0.29, 0.717) is 122 Å². The van der Waals surface area contributed by atoms with Gasteiger partial charge >= 0.3 is 36.8 Å². The first-order chi connectivity index (χ1) is 61.5. The third-order valence-electron chi connectivity index (χ3n) is 24.6. The fourth-order valence-electron chi connectivity index (χ4n) is 17.2. The van der Waals surface area contributed by atoms with Gasteiger partial charge in [-0.1, -0.05) is 77.3 Å². The second kappa shape index (κ2) is 46.9. The van der Waals surface area contributed by atoms with Crippen LogP contribution in [0.5, 0.6) is 17.6 Å². The fraction of sp³-hybridized carbons (Fsp3) is 0.408. The maximum Gasteiger partial charge on any atom is 1.00 e. The van der Waals surface area contributed by atoms with Gasteiger partial charge in [0.1, 0.15) is 54.7 Å². The number of nitrogens with one attached hydrogen (secondary N) is 1. The molecule has 3 aliphatic carbocycles. The van der Waals surface area contributed by atoms with Gasteiger partial charge < -0.3 is 68.0 Å². The van der Waals surface area contributed by atoms with Crippen LogP contribution in [0.25, 0.3) is 22.1 Å². The second-order valence-corrected chi connectivity index (χ2v) is 34.7. The maximum atomic E-state index is 14.1. The second-order valence-electron chi connectivity index (χ2n) is 33.3. The van der Waals surface area contributed by atoms with E-state index < -0.39 is 29.5 Å². The summed E-state index contributed by atoms with van der Waals surface area (Å²) in [6.45, 7) is 5.75. The molecule has 0 spiro atoms. The molecule has 17 rings (SSSR count). The van der Waals surface area contributed by atoms with Crippen LogP contribution in [0.1, 0.15) is 209 Å². The van der Waals surface area contributed by atoms with Crippen molar-refractivity contribution in [2.75, 3.05) is 45.9 Å². The summed E-state index contributed by atoms with van der Waals surface area (Å²) in [4.78, 5) is 82.0. The molecule has 676 valence electrons. The summed E-state index contributed by atoms with van der Waals surface area (Å²) in [5.41, 5.74) is 10.7. The number of nitrogens with zero attached hydrogens (tertiary/aromatic N) is 7. The van der Waals surface area contributed by atoms with Crippen LogP contribution in [-0.4, -0.2) is 138 Å². The number of carboxylic acids is 2. The Labute approximate surface area is 774 Å². The Morgan fingerprint density at radius 2 is 0.806 bits per heavy atom. The number of rotatable bonds is 30. The van der Waals surface area contributed by atoms with Gasteiger partial charge in [-0.15, -0.1) is 0 Å². The SMILES string of the molecule is CC(=O)O.COC(=O)c1ccc(CC(=O)CC2CCC(c3cccc(OCc4ccc(Cl)cc4F)n3)CC2)c(NC[C@@H]2CCO2)c1.COC(=O)c1ccc2nc(CC3CCC(c4cccc(OCc5ccc(Cl)cc5F)n4)CC3)n(C[C@@H]3CCO3)c2c1.O=C(O)c1ccc2nc(CC3CCC(c4cccc(OCc5ccc(Cl)cc5F)n4)CC3)n(C[C@@H]3CCO3)c2c1.[Li+].[OH-]. The number of esters is 2. The van der Waals surface area contributed by atoms with E-state index in [4.69, 9.17) is 103 Å². The molecular weight excluding hydrogens is 1720 g/mol. The van der Waals surface area contributed by atoms with E-state index in [1.165, 1.54) is 32.4 Å². The first kappa shape index (κ1) is 97.6. The zero-order valence-electron chi connectivity index (χ0n) is 72.6. The van der Waals surface area contributed by atoms with Gasteiger partial charge in [-0.3, -0.25) is 9.59 Å². The van der Waals surface area contributed by atoms with Gasteiger partial charge in [0.25, 0.3) is 5.97 Å². The van der Waals surface area contributed by atoms with E-state index in [2.05, 4.69) is 25.5 Å². The number of hydrogen-bond donors (Lipinski definition) is 3. The van der Waals surface area contributed by atoms with Crippen molar-refractivity contribution >= 4 is 92.2 Å². The molecule has 0 bridgehead atoms. The van der Waals surface area contributed by atoms with E-state index >= 15 is 0 Å². The van der Waals surface area contributed by atoms with Crippen LogP contribution in [0.2, 0.25) is 15.1 Å². The summed E-state index contributed by atoms with van der Waals surface area (Å²) in [7, 11) is 2.75. The number of carbonyl (C=O) groups is 5. The number of Topliss-reactive ketones (excluding diaryl/α,β-unsaturated/α-hetero) is 1. The molecule has 3 saturated carbocycles. The van der Waals surface area contributed by atoms with Crippen molar-refractivity contribution in [1.29, 1.82) is 0 Å². The number of anilines is 1. The van der Waals surface area contributed by atoms with E-state index in [1.807, 2.05) is 54.6 Å². The fourth-order valence-corrected chi connectivity index (χ4v) is 17.7. The van der Waals surface area contributed by atoms with Gasteiger partial charge in [-0.2, -0.15) is 0 Å². The van der Waals surface area contributed by atoms with Gasteiger partial charge in [-0.25, -0.2) is 52.5 Å². The van der Waals surface area contributed by atoms with Crippen molar-refractivity contribution in [2.24, 2.45) is 17.8 Å². The third-order valence-corrected chi connectivity index (χ3v) is 25.3. The Balaban J connectivity index is 0.000000170. The van der Waals surface area contributed by atoms with Gasteiger partial charge in [0.2, 0.25) is 17.6 Å². The smallest absolute Gasteiger partial charge is 0.870 e. The summed E-state index contributed by atoms with van der Waals surface area (Å²) >= 11 is 17.5. The number of aromatic carboxylic acids is 1. The molecule has 4 N–H and O–H groups in total. The normalized spacial score (nSPS) is 19.7. The molecule has 6 aromatic carbocycles. The molecular formula is C98H105Cl3F3LiN8O16. The molecule has 0 unspecified atom stereocenters. The number of halogens is 6. The molecule has 0 radical (unpaired) electrons. The Hall–Kier alpha value is -10.4. The van der Waals surface area contributed by atoms with Gasteiger partial charge in [0, 0.05) is 149 Å². The minimum Gasteiger partial charge on any atom is -0.870 e. The monoisotopic (exact) mass is 1820 g/mol. The molecule has 11 aromatic rings. The number of benzene rings is 6. The molecule has 5 aromatic heterocycles. The quantitative estimate of drug-likeness (QED) is 0.0278. The average Bonchev–Trinajstić information content (AvgIpc) is 1.63. The minimum atomic E-state index is -0.936. The molecule has 3 atom stereocenters. The molecule has 6 aliphatic rings. The first-order valence-corrected chi connectivity index (χ1v) is 44.6. The molecule has 3 saturated heterocycles. The number of hydrogen-bond acceptors (Lipinski definition) is 20. The Morgan fingerprint density at radius 1 is 0.450 bits per heavy atom. The van der Waals surface area contributed by atoms with Crippen molar-refractivity contribution in [3.8, 4) is 17.6 Å². The molecule has 129 heavy (non-hydrogen) atoms. The Bertz CT molecular complexity index is 5670. The molecule has 6 fully saturated rings.